The van der Waals surface area contributed by atoms with Gasteiger partial charge in [0.25, 0.3) is 0 Å². The summed E-state index contributed by atoms with van der Waals surface area (Å²) in [5.41, 5.74) is 37.6. The van der Waals surface area contributed by atoms with E-state index in [4.69, 9.17) is 0 Å². The Morgan fingerprint density at radius 1 is 0.174 bits per heavy atom. The van der Waals surface area contributed by atoms with Crippen LogP contribution in [-0.4, -0.2) is 0 Å². The van der Waals surface area contributed by atoms with Gasteiger partial charge in [0, 0.05) is 33.6 Å². The summed E-state index contributed by atoms with van der Waals surface area (Å²) in [5.74, 6) is 0. The standard InChI is InChI=1S/C119H82N2/c1-117(2)109-49-20-17-44-104(109)108-48-27-53-115(116(108)117)121(97-68-62-81(63-69-97)90-65-71-106-103-43-19-22-51-111(103)119(113(106)78-90,94-36-11-5-12-37-94)95-38-13-6-14-39-95)99-41-24-31-84(76-99)86-56-57-88-74-91(59-58-87(88)73-86)100-45-25-47-107-101(100)46-26-52-114(107)120(98-40-23-30-83(75-98)85-55-54-79-28-15-16-29-82(79)72-85)96-66-60-80(61-67-96)89-64-70-105-102-42-18-21-50-110(102)118(112(105)77-89,92-32-7-3-8-33-92)93-34-9-4-10-35-93/h3-78H,1-2H3. The quantitative estimate of drug-likeness (QED) is 0.101. The topological polar surface area (TPSA) is 6.48 Å². The van der Waals surface area contributed by atoms with E-state index in [9.17, 15) is 0 Å². The summed E-state index contributed by atoms with van der Waals surface area (Å²) in [6.07, 6.45) is 0. The summed E-state index contributed by atoms with van der Waals surface area (Å²) in [5, 5.41) is 7.14. The Balaban J connectivity index is 0.599. The van der Waals surface area contributed by atoms with E-state index >= 15 is 0 Å². The molecule has 0 atom stereocenters. The predicted molar refractivity (Wildman–Crippen MR) is 508 cm³/mol. The molecule has 0 bridgehead atoms. The molecule has 0 unspecified atom stereocenters. The van der Waals surface area contributed by atoms with Gasteiger partial charge in [0.15, 0.2) is 0 Å². The monoisotopic (exact) mass is 1540 g/mol. The van der Waals surface area contributed by atoms with Crippen LogP contribution >= 0.6 is 0 Å². The third-order valence-electron chi connectivity index (χ3n) is 26.5. The Labute approximate surface area is 707 Å². The Morgan fingerprint density at radius 2 is 0.504 bits per heavy atom. The Kier molecular flexibility index (Phi) is 16.8. The summed E-state index contributed by atoms with van der Waals surface area (Å²) >= 11 is 0. The molecule has 0 amide bonds. The molecule has 0 N–H and O–H groups in total. The molecule has 2 heteroatoms. The van der Waals surface area contributed by atoms with Gasteiger partial charge in [-0.1, -0.05) is 384 Å². The van der Waals surface area contributed by atoms with E-state index in [1.807, 2.05) is 0 Å². The van der Waals surface area contributed by atoms with E-state index in [0.29, 0.717) is 0 Å². The van der Waals surface area contributed by atoms with Crippen LogP contribution in [0.5, 0.6) is 0 Å². The molecule has 2 nitrogen and oxygen atoms in total. The van der Waals surface area contributed by atoms with Crippen molar-refractivity contribution in [2.45, 2.75) is 30.1 Å². The smallest absolute Gasteiger partial charge is 0.0713 e. The van der Waals surface area contributed by atoms with Crippen LogP contribution in [0.2, 0.25) is 0 Å². The fraction of sp³-hybridized carbons (Fsp3) is 0.0420. The summed E-state index contributed by atoms with van der Waals surface area (Å²) in [6.45, 7) is 4.79. The first kappa shape index (κ1) is 71.1. The fourth-order valence-corrected chi connectivity index (χ4v) is 21.1. The Hall–Kier alpha value is -15.2. The van der Waals surface area contributed by atoms with E-state index in [1.54, 1.807) is 0 Å². The van der Waals surface area contributed by atoms with Gasteiger partial charge in [0.2, 0.25) is 0 Å². The van der Waals surface area contributed by atoms with Crippen LogP contribution in [0.25, 0.3) is 121 Å². The fourth-order valence-electron chi connectivity index (χ4n) is 21.1. The molecule has 0 spiro atoms. The lowest BCUT2D eigenvalue weighted by molar-refractivity contribution is 0.661. The first-order valence-electron chi connectivity index (χ1n) is 42.3. The first-order valence-corrected chi connectivity index (χ1v) is 42.3. The molecular formula is C119H82N2. The molecule has 0 heterocycles. The lowest BCUT2D eigenvalue weighted by Crippen LogP contribution is -2.28. The average Bonchev–Trinajstić information content (AvgIpc) is 1.55. The van der Waals surface area contributed by atoms with Gasteiger partial charge in [-0.15, -0.1) is 0 Å². The second kappa shape index (κ2) is 28.6. The van der Waals surface area contributed by atoms with E-state index < -0.39 is 10.8 Å². The van der Waals surface area contributed by atoms with Crippen LogP contribution in [0.4, 0.5) is 34.1 Å². The van der Waals surface area contributed by atoms with Crippen LogP contribution in [0, 0.1) is 0 Å². The predicted octanol–water partition coefficient (Wildman–Crippen LogP) is 31.5. The van der Waals surface area contributed by atoms with Gasteiger partial charge in [0.05, 0.1) is 22.2 Å². The zero-order valence-corrected chi connectivity index (χ0v) is 67.3. The van der Waals surface area contributed by atoms with Gasteiger partial charge < -0.3 is 9.80 Å². The number of benzene rings is 20. The van der Waals surface area contributed by atoms with Gasteiger partial charge >= 0.3 is 0 Å². The second-order valence-electron chi connectivity index (χ2n) is 33.3. The highest BCUT2D eigenvalue weighted by Gasteiger charge is 2.48. The van der Waals surface area contributed by atoms with Crippen LogP contribution in [-0.2, 0) is 16.2 Å². The second-order valence-corrected chi connectivity index (χ2v) is 33.3. The minimum absolute atomic E-state index is 0.266. The molecule has 0 fully saturated rings. The highest BCUT2D eigenvalue weighted by molar-refractivity contribution is 6.08. The molecule has 3 aliphatic rings. The highest BCUT2D eigenvalue weighted by Crippen LogP contribution is 2.60. The Morgan fingerprint density at radius 3 is 1.02 bits per heavy atom. The third kappa shape index (κ3) is 11.4. The number of fused-ring (bicyclic) bond motifs is 12. The van der Waals surface area contributed by atoms with Crippen LogP contribution in [0.15, 0.2) is 461 Å². The molecule has 121 heavy (non-hydrogen) atoms. The lowest BCUT2D eigenvalue weighted by atomic mass is 9.67. The van der Waals surface area contributed by atoms with Crippen molar-refractivity contribution >= 4 is 66.4 Å². The van der Waals surface area contributed by atoms with Crippen LogP contribution < -0.4 is 9.80 Å². The first-order chi connectivity index (χ1) is 59.7. The van der Waals surface area contributed by atoms with E-state index in [-0.39, 0.29) is 5.41 Å². The Bertz CT molecular complexity index is 7390. The number of nitrogens with zero attached hydrogens (tertiary/aromatic N) is 2. The largest absolute Gasteiger partial charge is 0.310 e. The van der Waals surface area contributed by atoms with E-state index in [0.717, 1.165) is 67.2 Å². The van der Waals surface area contributed by atoms with Gasteiger partial charge in [0.1, 0.15) is 0 Å². The van der Waals surface area contributed by atoms with E-state index in [2.05, 4.69) is 485 Å². The normalized spacial score (nSPS) is 13.4. The number of rotatable bonds is 15. The molecular weight excluding hydrogens is 1460 g/mol. The zero-order chi connectivity index (χ0) is 80.3. The van der Waals surface area contributed by atoms with Gasteiger partial charge in [-0.2, -0.15) is 0 Å². The number of hydrogen-bond acceptors (Lipinski definition) is 2. The van der Waals surface area contributed by atoms with E-state index in [1.165, 1.54) is 144 Å². The summed E-state index contributed by atoms with van der Waals surface area (Å²) in [7, 11) is 0. The van der Waals surface area contributed by atoms with Crippen LogP contribution in [0.1, 0.15) is 69.5 Å². The molecule has 0 saturated carbocycles. The number of hydrogen-bond donors (Lipinski definition) is 0. The maximum atomic E-state index is 2.51. The van der Waals surface area contributed by atoms with Crippen molar-refractivity contribution < 1.29 is 0 Å². The summed E-state index contributed by atoms with van der Waals surface area (Å²) < 4.78 is 0. The van der Waals surface area contributed by atoms with Gasteiger partial charge in [-0.25, -0.2) is 0 Å². The van der Waals surface area contributed by atoms with Gasteiger partial charge in [-0.3, -0.25) is 0 Å². The minimum atomic E-state index is -0.503. The molecule has 23 rings (SSSR count). The molecule has 0 saturated heterocycles. The van der Waals surface area contributed by atoms with Crippen molar-refractivity contribution in [3.05, 3.63) is 517 Å². The zero-order valence-electron chi connectivity index (χ0n) is 67.3. The SMILES string of the molecule is CC1(C)c2ccccc2-c2cccc(N(c3ccc(-c4ccc5c(c4)C(c4ccccc4)(c4ccccc4)c4ccccc4-5)cc3)c3cccc(-c4ccc5cc(-c6cccc7c(N(c8ccc(-c9ccc%10c(c9)C(c9ccccc9)(c9ccccc9)c9ccccc9-%10)cc8)c8cccc(-c9ccc%10ccccc%10c9)c8)cccc67)ccc5c4)c3)c21. The average molecular weight is 1540 g/mol. The molecule has 0 aliphatic heterocycles. The molecule has 568 valence electrons. The van der Waals surface area contributed by atoms with Crippen LogP contribution in [0.3, 0.4) is 0 Å². The van der Waals surface area contributed by atoms with Gasteiger partial charge in [-0.05, 0) is 263 Å². The van der Waals surface area contributed by atoms with Crippen molar-refractivity contribution in [1.82, 2.24) is 0 Å². The maximum absolute atomic E-state index is 2.51. The van der Waals surface area contributed by atoms with Crippen molar-refractivity contribution in [3.8, 4) is 89.0 Å². The van der Waals surface area contributed by atoms with Crippen molar-refractivity contribution in [2.75, 3.05) is 9.80 Å². The highest BCUT2D eigenvalue weighted by atomic mass is 15.2. The van der Waals surface area contributed by atoms with Crippen molar-refractivity contribution in [2.24, 2.45) is 0 Å². The summed E-state index contributed by atoms with van der Waals surface area (Å²) in [6, 6.07) is 173. The molecule has 20 aromatic rings. The van der Waals surface area contributed by atoms with Crippen molar-refractivity contribution in [3.63, 3.8) is 0 Å². The molecule has 0 radical (unpaired) electrons. The molecule has 20 aromatic carbocycles. The lowest BCUT2D eigenvalue weighted by Gasteiger charge is -2.34. The third-order valence-corrected chi connectivity index (χ3v) is 26.5. The van der Waals surface area contributed by atoms with Crippen molar-refractivity contribution in [1.29, 1.82) is 0 Å². The summed E-state index contributed by atoms with van der Waals surface area (Å²) in [4.78, 5) is 4.97. The minimum Gasteiger partial charge on any atom is -0.310 e. The maximum Gasteiger partial charge on any atom is 0.0713 e. The molecule has 0 aromatic heterocycles. The molecule has 3 aliphatic carbocycles. The number of anilines is 6.